The molecular formula is C25H28ClN3O3. The number of amides is 1. The molecule has 1 heterocycles. The molecular weight excluding hydrogens is 426 g/mol. The molecule has 0 aliphatic carbocycles. The van der Waals surface area contributed by atoms with Crippen molar-refractivity contribution in [1.29, 1.82) is 0 Å². The molecule has 0 spiro atoms. The number of rotatable bonds is 10. The largest absolute Gasteiger partial charge is 0.497 e. The number of nitrogens with one attached hydrogen (secondary N) is 1. The number of carbonyl (C=O) groups excluding carboxylic acids is 1. The molecule has 2 aromatic carbocycles. The number of unbranched alkanes of at least 4 members (excludes halogenated alkanes) is 3. The number of halogens is 1. The van der Waals surface area contributed by atoms with E-state index in [4.69, 9.17) is 16.3 Å². The normalized spacial score (nSPS) is 10.7. The Labute approximate surface area is 193 Å². The summed E-state index contributed by atoms with van der Waals surface area (Å²) >= 11 is 6.55. The number of methoxy groups -OCH3 is 1. The monoisotopic (exact) mass is 453 g/mol. The van der Waals surface area contributed by atoms with Crippen LogP contribution in [0.25, 0.3) is 11.3 Å². The maximum Gasteiger partial charge on any atom is 0.283 e. The first-order valence-corrected chi connectivity index (χ1v) is 11.2. The van der Waals surface area contributed by atoms with Gasteiger partial charge in [0.2, 0.25) is 0 Å². The number of hydrogen-bond acceptors (Lipinski definition) is 4. The number of ether oxygens (including phenoxy) is 1. The summed E-state index contributed by atoms with van der Waals surface area (Å²) < 4.78 is 6.74. The van der Waals surface area contributed by atoms with E-state index in [9.17, 15) is 9.59 Å². The van der Waals surface area contributed by atoms with Gasteiger partial charge in [0.05, 0.1) is 19.3 Å². The van der Waals surface area contributed by atoms with Crippen LogP contribution in [0.5, 0.6) is 5.75 Å². The molecule has 0 aliphatic heterocycles. The smallest absolute Gasteiger partial charge is 0.283 e. The first kappa shape index (κ1) is 23.5. The van der Waals surface area contributed by atoms with E-state index >= 15 is 0 Å². The predicted octanol–water partition coefficient (Wildman–Crippen LogP) is 4.93. The molecule has 0 radical (unpaired) electrons. The Hall–Kier alpha value is -3.12. The topological polar surface area (TPSA) is 73.2 Å². The maximum absolute atomic E-state index is 13.4. The fourth-order valence-electron chi connectivity index (χ4n) is 3.47. The van der Waals surface area contributed by atoms with E-state index in [1.165, 1.54) is 4.57 Å². The minimum Gasteiger partial charge on any atom is -0.497 e. The first-order valence-electron chi connectivity index (χ1n) is 10.8. The molecule has 3 aromatic rings. The molecule has 3 rings (SSSR count). The fourth-order valence-corrected chi connectivity index (χ4v) is 3.76. The highest BCUT2D eigenvalue weighted by Crippen LogP contribution is 2.28. The van der Waals surface area contributed by atoms with Gasteiger partial charge in [-0.1, -0.05) is 68.1 Å². The SMILES string of the molecule is CCCCCCNC(=O)c1nc(Cl)c(-c2ccc(OC)cc2)n(Cc2ccccc2)c1=O. The second-order valence-electron chi connectivity index (χ2n) is 7.52. The molecule has 1 aromatic heterocycles. The average Bonchev–Trinajstić information content (AvgIpc) is 2.82. The number of benzene rings is 2. The van der Waals surface area contributed by atoms with Crippen molar-refractivity contribution in [3.63, 3.8) is 0 Å². The molecule has 6 nitrogen and oxygen atoms in total. The van der Waals surface area contributed by atoms with Crippen molar-refractivity contribution in [2.24, 2.45) is 0 Å². The third-order valence-corrected chi connectivity index (χ3v) is 5.46. The summed E-state index contributed by atoms with van der Waals surface area (Å²) in [5.74, 6) is 0.186. The Balaban J connectivity index is 2.00. The van der Waals surface area contributed by atoms with E-state index in [1.54, 1.807) is 19.2 Å². The maximum atomic E-state index is 13.4. The standard InChI is InChI=1S/C25H28ClN3O3/c1-3-4-5-9-16-27-24(30)21-25(31)29(17-18-10-7-6-8-11-18)22(23(26)28-21)19-12-14-20(32-2)15-13-19/h6-8,10-15H,3-5,9,16-17H2,1-2H3,(H,27,30). The van der Waals surface area contributed by atoms with Crippen molar-refractivity contribution in [1.82, 2.24) is 14.9 Å². The molecule has 0 fully saturated rings. The van der Waals surface area contributed by atoms with Crippen molar-refractivity contribution in [2.45, 2.75) is 39.2 Å². The van der Waals surface area contributed by atoms with Crippen LogP contribution >= 0.6 is 11.6 Å². The number of nitrogens with zero attached hydrogens (tertiary/aromatic N) is 2. The van der Waals surface area contributed by atoms with Crippen LogP contribution < -0.4 is 15.6 Å². The molecule has 7 heteroatoms. The third-order valence-electron chi connectivity index (χ3n) is 5.20. The average molecular weight is 454 g/mol. The van der Waals surface area contributed by atoms with Gasteiger partial charge in [-0.15, -0.1) is 0 Å². The lowest BCUT2D eigenvalue weighted by molar-refractivity contribution is 0.0945. The third kappa shape index (κ3) is 5.77. The molecule has 32 heavy (non-hydrogen) atoms. The highest BCUT2D eigenvalue weighted by atomic mass is 35.5. The Morgan fingerprint density at radius 1 is 1.06 bits per heavy atom. The highest BCUT2D eigenvalue weighted by molar-refractivity contribution is 6.32. The van der Waals surface area contributed by atoms with Crippen LogP contribution in [-0.2, 0) is 6.54 Å². The van der Waals surface area contributed by atoms with Gasteiger partial charge in [-0.25, -0.2) is 4.98 Å². The lowest BCUT2D eigenvalue weighted by atomic mass is 10.1. The Morgan fingerprint density at radius 2 is 1.78 bits per heavy atom. The molecule has 1 amide bonds. The predicted molar refractivity (Wildman–Crippen MR) is 128 cm³/mol. The van der Waals surface area contributed by atoms with Gasteiger partial charge in [0, 0.05) is 12.1 Å². The summed E-state index contributed by atoms with van der Waals surface area (Å²) in [5, 5.41) is 2.90. The zero-order valence-corrected chi connectivity index (χ0v) is 19.2. The van der Waals surface area contributed by atoms with Gasteiger partial charge >= 0.3 is 0 Å². The molecule has 0 unspecified atom stereocenters. The van der Waals surface area contributed by atoms with Crippen molar-refractivity contribution in [3.05, 3.63) is 81.4 Å². The van der Waals surface area contributed by atoms with Crippen molar-refractivity contribution >= 4 is 17.5 Å². The van der Waals surface area contributed by atoms with E-state index in [0.717, 1.165) is 31.2 Å². The fraction of sp³-hybridized carbons (Fsp3) is 0.320. The van der Waals surface area contributed by atoms with Gasteiger partial charge in [-0.2, -0.15) is 0 Å². The van der Waals surface area contributed by atoms with Gasteiger partial charge < -0.3 is 10.1 Å². The van der Waals surface area contributed by atoms with Gasteiger partial charge in [0.25, 0.3) is 11.5 Å². The van der Waals surface area contributed by atoms with Crippen molar-refractivity contribution in [2.75, 3.05) is 13.7 Å². The van der Waals surface area contributed by atoms with Gasteiger partial charge in [0.15, 0.2) is 10.8 Å². The minimum atomic E-state index is -0.503. The molecule has 168 valence electrons. The summed E-state index contributed by atoms with van der Waals surface area (Å²) in [4.78, 5) is 30.3. The Bertz CT molecular complexity index is 1100. The number of aromatic nitrogens is 2. The zero-order valence-electron chi connectivity index (χ0n) is 18.4. The first-order chi connectivity index (χ1) is 15.5. The second kappa shape index (κ2) is 11.5. The van der Waals surface area contributed by atoms with Gasteiger partial charge in [-0.05, 0) is 36.2 Å². The van der Waals surface area contributed by atoms with Gasteiger partial charge in [0.1, 0.15) is 5.75 Å². The lowest BCUT2D eigenvalue weighted by Gasteiger charge is -2.16. The van der Waals surface area contributed by atoms with E-state index in [0.29, 0.717) is 23.6 Å². The van der Waals surface area contributed by atoms with E-state index in [-0.39, 0.29) is 17.4 Å². The summed E-state index contributed by atoms with van der Waals surface area (Å²) in [7, 11) is 1.59. The molecule has 1 N–H and O–H groups in total. The Morgan fingerprint density at radius 3 is 2.44 bits per heavy atom. The van der Waals surface area contributed by atoms with E-state index in [1.807, 2.05) is 42.5 Å². The molecule has 0 aliphatic rings. The van der Waals surface area contributed by atoms with Crippen LogP contribution in [0.3, 0.4) is 0 Å². The van der Waals surface area contributed by atoms with Crippen LogP contribution in [-0.4, -0.2) is 29.1 Å². The van der Waals surface area contributed by atoms with Gasteiger partial charge in [-0.3, -0.25) is 14.2 Å². The van der Waals surface area contributed by atoms with Crippen LogP contribution in [0.15, 0.2) is 59.4 Å². The number of hydrogen-bond donors (Lipinski definition) is 1. The Kier molecular flexibility index (Phi) is 8.45. The molecule has 0 saturated carbocycles. The minimum absolute atomic E-state index is 0.0989. The van der Waals surface area contributed by atoms with E-state index in [2.05, 4.69) is 17.2 Å². The van der Waals surface area contributed by atoms with Crippen LogP contribution in [0.1, 0.15) is 48.7 Å². The molecule has 0 bridgehead atoms. The number of carbonyl (C=O) groups is 1. The lowest BCUT2D eigenvalue weighted by Crippen LogP contribution is -2.36. The molecule has 0 atom stereocenters. The second-order valence-corrected chi connectivity index (χ2v) is 7.88. The zero-order chi connectivity index (χ0) is 22.9. The quantitative estimate of drug-likeness (QED) is 0.442. The van der Waals surface area contributed by atoms with Crippen LogP contribution in [0.4, 0.5) is 0 Å². The van der Waals surface area contributed by atoms with Crippen molar-refractivity contribution < 1.29 is 9.53 Å². The van der Waals surface area contributed by atoms with E-state index < -0.39 is 11.5 Å². The summed E-state index contributed by atoms with van der Waals surface area (Å²) in [6.45, 7) is 2.89. The van der Waals surface area contributed by atoms with Crippen molar-refractivity contribution in [3.8, 4) is 17.0 Å². The highest BCUT2D eigenvalue weighted by Gasteiger charge is 2.21. The molecule has 0 saturated heterocycles. The summed E-state index contributed by atoms with van der Waals surface area (Å²) in [5.41, 5.74) is 1.41. The van der Waals surface area contributed by atoms with Crippen LogP contribution in [0, 0.1) is 0 Å². The summed E-state index contributed by atoms with van der Waals surface area (Å²) in [6, 6.07) is 16.8. The van der Waals surface area contributed by atoms with Crippen LogP contribution in [0.2, 0.25) is 5.15 Å². The summed E-state index contributed by atoms with van der Waals surface area (Å²) in [6.07, 6.45) is 4.11.